The third-order valence-electron chi connectivity index (χ3n) is 3.65. The van der Waals surface area contributed by atoms with Crippen molar-refractivity contribution < 1.29 is 14.2 Å². The van der Waals surface area contributed by atoms with Crippen molar-refractivity contribution in [3.8, 4) is 0 Å². The third-order valence-corrected chi connectivity index (χ3v) is 3.65. The quantitative estimate of drug-likeness (QED) is 0.718. The van der Waals surface area contributed by atoms with E-state index in [0.717, 1.165) is 13.0 Å². The highest BCUT2D eigenvalue weighted by Gasteiger charge is 2.51. The van der Waals surface area contributed by atoms with Crippen LogP contribution >= 0.6 is 0 Å². The van der Waals surface area contributed by atoms with E-state index in [1.165, 1.54) is 12.8 Å². The van der Waals surface area contributed by atoms with Crippen LogP contribution in [0.1, 0.15) is 33.1 Å². The summed E-state index contributed by atoms with van der Waals surface area (Å²) in [5.41, 5.74) is 0. The highest BCUT2D eigenvalue weighted by atomic mass is 16.7. The van der Waals surface area contributed by atoms with E-state index in [9.17, 15) is 0 Å². The average molecular weight is 214 g/mol. The van der Waals surface area contributed by atoms with Crippen molar-refractivity contribution in [1.82, 2.24) is 0 Å². The molecule has 2 saturated heterocycles. The molecule has 15 heavy (non-hydrogen) atoms. The van der Waals surface area contributed by atoms with Gasteiger partial charge in [0.2, 0.25) is 0 Å². The predicted molar refractivity (Wildman–Crippen MR) is 57.6 cm³/mol. The number of hydrogen-bond donors (Lipinski definition) is 0. The second-order valence-corrected chi connectivity index (χ2v) is 4.77. The molecule has 0 radical (unpaired) electrons. The standard InChI is InChI=1S/C12H22O3/c1-4-5-6-9-11-10(8(2)7-14-11)12(13-3)15-9/h8-12H,4-7H2,1-3H3/t8-,9+,10-,11-,12+/m0/s1. The molecule has 3 heteroatoms. The fraction of sp³-hybridized carbons (Fsp3) is 1.00. The van der Waals surface area contributed by atoms with E-state index in [1.807, 2.05) is 0 Å². The molecule has 0 aromatic heterocycles. The van der Waals surface area contributed by atoms with E-state index < -0.39 is 0 Å². The van der Waals surface area contributed by atoms with E-state index in [2.05, 4.69) is 13.8 Å². The van der Waals surface area contributed by atoms with Gasteiger partial charge in [0.25, 0.3) is 0 Å². The van der Waals surface area contributed by atoms with Gasteiger partial charge in [0, 0.05) is 13.0 Å². The predicted octanol–water partition coefficient (Wildman–Crippen LogP) is 2.20. The van der Waals surface area contributed by atoms with Crippen molar-refractivity contribution in [2.24, 2.45) is 11.8 Å². The fourth-order valence-electron chi connectivity index (χ4n) is 2.78. The Bertz CT molecular complexity index is 207. The smallest absolute Gasteiger partial charge is 0.163 e. The summed E-state index contributed by atoms with van der Waals surface area (Å²) in [5.74, 6) is 1.00. The van der Waals surface area contributed by atoms with Crippen LogP contribution in [-0.2, 0) is 14.2 Å². The molecule has 2 fully saturated rings. The summed E-state index contributed by atoms with van der Waals surface area (Å²) in [5, 5.41) is 0. The molecule has 0 aromatic carbocycles. The van der Waals surface area contributed by atoms with Crippen molar-refractivity contribution in [2.75, 3.05) is 13.7 Å². The molecule has 0 saturated carbocycles. The van der Waals surface area contributed by atoms with Crippen molar-refractivity contribution in [3.63, 3.8) is 0 Å². The molecule has 3 nitrogen and oxygen atoms in total. The molecule has 2 aliphatic rings. The van der Waals surface area contributed by atoms with Crippen molar-refractivity contribution in [2.45, 2.75) is 51.6 Å². The van der Waals surface area contributed by atoms with Crippen LogP contribution in [0.2, 0.25) is 0 Å². The first kappa shape index (κ1) is 11.4. The van der Waals surface area contributed by atoms with Gasteiger partial charge in [0.1, 0.15) is 0 Å². The van der Waals surface area contributed by atoms with Gasteiger partial charge in [-0.15, -0.1) is 0 Å². The van der Waals surface area contributed by atoms with Gasteiger partial charge in [-0.1, -0.05) is 26.7 Å². The maximum absolute atomic E-state index is 5.90. The Morgan fingerprint density at radius 1 is 1.40 bits per heavy atom. The topological polar surface area (TPSA) is 27.7 Å². The number of rotatable bonds is 4. The number of methoxy groups -OCH3 is 1. The Balaban J connectivity index is 1.98. The molecule has 0 bridgehead atoms. The van der Waals surface area contributed by atoms with E-state index in [-0.39, 0.29) is 18.5 Å². The van der Waals surface area contributed by atoms with Crippen LogP contribution in [-0.4, -0.2) is 32.2 Å². The summed E-state index contributed by atoms with van der Waals surface area (Å²) >= 11 is 0. The number of unbranched alkanes of at least 4 members (excludes halogenated alkanes) is 1. The maximum atomic E-state index is 5.90. The van der Waals surface area contributed by atoms with Crippen molar-refractivity contribution in [3.05, 3.63) is 0 Å². The average Bonchev–Trinajstić information content (AvgIpc) is 2.77. The molecule has 5 atom stereocenters. The van der Waals surface area contributed by atoms with Gasteiger partial charge in [-0.2, -0.15) is 0 Å². The zero-order valence-electron chi connectivity index (χ0n) is 9.94. The highest BCUT2D eigenvalue weighted by molar-refractivity contribution is 4.94. The molecule has 2 rings (SSSR count). The minimum atomic E-state index is -0.0469. The second-order valence-electron chi connectivity index (χ2n) is 4.77. The van der Waals surface area contributed by atoms with Crippen LogP contribution in [0.15, 0.2) is 0 Å². The van der Waals surface area contributed by atoms with Gasteiger partial charge in [0.15, 0.2) is 6.29 Å². The Kier molecular flexibility index (Phi) is 3.65. The van der Waals surface area contributed by atoms with Gasteiger partial charge in [0.05, 0.1) is 18.8 Å². The molecule has 0 amide bonds. The van der Waals surface area contributed by atoms with Crippen LogP contribution in [0.5, 0.6) is 0 Å². The monoisotopic (exact) mass is 214 g/mol. The zero-order valence-corrected chi connectivity index (χ0v) is 9.94. The van der Waals surface area contributed by atoms with E-state index in [0.29, 0.717) is 11.8 Å². The molecule has 0 aromatic rings. The molecular weight excluding hydrogens is 192 g/mol. The van der Waals surface area contributed by atoms with Gasteiger partial charge in [-0.05, 0) is 12.3 Å². The highest BCUT2D eigenvalue weighted by Crippen LogP contribution is 2.41. The first-order valence-electron chi connectivity index (χ1n) is 6.07. The summed E-state index contributed by atoms with van der Waals surface area (Å²) in [6.07, 6.45) is 4.01. The van der Waals surface area contributed by atoms with Gasteiger partial charge in [-0.25, -0.2) is 0 Å². The van der Waals surface area contributed by atoms with Crippen LogP contribution in [0.25, 0.3) is 0 Å². The Morgan fingerprint density at radius 3 is 2.87 bits per heavy atom. The molecule has 0 spiro atoms. The van der Waals surface area contributed by atoms with Crippen LogP contribution < -0.4 is 0 Å². The molecule has 0 N–H and O–H groups in total. The normalized spacial score (nSPS) is 44.6. The molecule has 2 heterocycles. The van der Waals surface area contributed by atoms with Crippen LogP contribution in [0.3, 0.4) is 0 Å². The Hall–Kier alpha value is -0.120. The maximum Gasteiger partial charge on any atom is 0.163 e. The minimum Gasteiger partial charge on any atom is -0.375 e. The van der Waals surface area contributed by atoms with Gasteiger partial charge in [-0.3, -0.25) is 0 Å². The summed E-state index contributed by atoms with van der Waals surface area (Å²) in [6, 6.07) is 0. The lowest BCUT2D eigenvalue weighted by molar-refractivity contribution is -0.144. The van der Waals surface area contributed by atoms with Crippen LogP contribution in [0, 0.1) is 11.8 Å². The molecule has 0 aliphatic carbocycles. The SMILES string of the molecule is CCCC[C@H]1O[C@@H](OC)[C@@H]2[C@H]1OC[C@@H]2C. The first-order chi connectivity index (χ1) is 7.27. The lowest BCUT2D eigenvalue weighted by atomic mass is 9.90. The largest absolute Gasteiger partial charge is 0.375 e. The Labute approximate surface area is 92.1 Å². The summed E-state index contributed by atoms with van der Waals surface area (Å²) in [6.45, 7) is 5.29. The molecule has 0 unspecified atom stereocenters. The van der Waals surface area contributed by atoms with Crippen molar-refractivity contribution in [1.29, 1.82) is 0 Å². The van der Waals surface area contributed by atoms with E-state index in [4.69, 9.17) is 14.2 Å². The first-order valence-corrected chi connectivity index (χ1v) is 6.07. The lowest BCUT2D eigenvalue weighted by Gasteiger charge is -2.17. The lowest BCUT2D eigenvalue weighted by Crippen LogP contribution is -2.27. The fourth-order valence-corrected chi connectivity index (χ4v) is 2.78. The number of ether oxygens (including phenoxy) is 3. The number of fused-ring (bicyclic) bond motifs is 1. The Morgan fingerprint density at radius 2 is 2.20 bits per heavy atom. The zero-order chi connectivity index (χ0) is 10.8. The number of hydrogen-bond acceptors (Lipinski definition) is 3. The third kappa shape index (κ3) is 2.05. The van der Waals surface area contributed by atoms with Gasteiger partial charge >= 0.3 is 0 Å². The van der Waals surface area contributed by atoms with Crippen LogP contribution in [0.4, 0.5) is 0 Å². The summed E-state index contributed by atoms with van der Waals surface area (Å²) in [4.78, 5) is 0. The second kappa shape index (κ2) is 4.81. The summed E-state index contributed by atoms with van der Waals surface area (Å²) in [7, 11) is 1.73. The molecule has 88 valence electrons. The van der Waals surface area contributed by atoms with Crippen molar-refractivity contribution >= 4 is 0 Å². The van der Waals surface area contributed by atoms with Gasteiger partial charge < -0.3 is 14.2 Å². The minimum absolute atomic E-state index is 0.0469. The molecule has 2 aliphatic heterocycles. The van der Waals surface area contributed by atoms with E-state index in [1.54, 1.807) is 7.11 Å². The molecular formula is C12H22O3. The summed E-state index contributed by atoms with van der Waals surface area (Å²) < 4.78 is 17.1. The van der Waals surface area contributed by atoms with E-state index >= 15 is 0 Å².